The largest absolute Gasteiger partial charge is 0.345 e. The van der Waals surface area contributed by atoms with Crippen LogP contribution in [0.2, 0.25) is 0 Å². The summed E-state index contributed by atoms with van der Waals surface area (Å²) in [6, 6.07) is 11.8. The number of amides is 1. The van der Waals surface area contributed by atoms with Gasteiger partial charge in [0.05, 0.1) is 0 Å². The van der Waals surface area contributed by atoms with Crippen LogP contribution < -0.4 is 0 Å². The van der Waals surface area contributed by atoms with Crippen LogP contribution in [0.25, 0.3) is 16.8 Å². The zero-order valence-electron chi connectivity index (χ0n) is 10.1. The van der Waals surface area contributed by atoms with Crippen LogP contribution in [0.1, 0.15) is 15.9 Å². The molecule has 0 aliphatic carbocycles. The predicted molar refractivity (Wildman–Crippen MR) is 72.1 cm³/mol. The number of carbonyl (C=O) groups is 1. The molecular formula is C15H15NO. The lowest BCUT2D eigenvalue weighted by atomic mass is 9.98. The first-order valence-electron chi connectivity index (χ1n) is 5.51. The van der Waals surface area contributed by atoms with Crippen molar-refractivity contribution < 1.29 is 4.79 Å². The Balaban J connectivity index is 2.73. The molecule has 0 atom stereocenters. The molecule has 0 heterocycles. The average Bonchev–Trinajstić information content (AvgIpc) is 2.36. The maximum atomic E-state index is 12.0. The lowest BCUT2D eigenvalue weighted by Gasteiger charge is -2.14. The summed E-state index contributed by atoms with van der Waals surface area (Å²) in [5.41, 5.74) is 1.60. The van der Waals surface area contributed by atoms with E-state index >= 15 is 0 Å². The third kappa shape index (κ3) is 1.94. The molecule has 0 N–H and O–H groups in total. The molecular weight excluding hydrogens is 210 g/mol. The van der Waals surface area contributed by atoms with Gasteiger partial charge >= 0.3 is 0 Å². The van der Waals surface area contributed by atoms with Crippen molar-refractivity contribution in [2.45, 2.75) is 0 Å². The van der Waals surface area contributed by atoms with Crippen molar-refractivity contribution in [3.8, 4) is 0 Å². The van der Waals surface area contributed by atoms with E-state index in [1.807, 2.05) is 36.4 Å². The Bertz CT molecular complexity index is 584. The van der Waals surface area contributed by atoms with Gasteiger partial charge in [0.25, 0.3) is 5.91 Å². The van der Waals surface area contributed by atoms with Gasteiger partial charge in [-0.05, 0) is 22.4 Å². The monoisotopic (exact) mass is 225 g/mol. The first kappa shape index (κ1) is 11.4. The maximum absolute atomic E-state index is 12.0. The minimum Gasteiger partial charge on any atom is -0.345 e. The summed E-state index contributed by atoms with van der Waals surface area (Å²) in [6.07, 6.45) is 1.75. The van der Waals surface area contributed by atoms with E-state index in [1.165, 1.54) is 0 Å². The Morgan fingerprint density at radius 1 is 1.18 bits per heavy atom. The van der Waals surface area contributed by atoms with Gasteiger partial charge < -0.3 is 4.90 Å². The summed E-state index contributed by atoms with van der Waals surface area (Å²) in [7, 11) is 3.51. The Morgan fingerprint density at radius 3 is 2.53 bits per heavy atom. The second-order valence-corrected chi connectivity index (χ2v) is 4.15. The molecule has 0 radical (unpaired) electrons. The number of carbonyl (C=O) groups excluding carboxylic acids is 1. The van der Waals surface area contributed by atoms with E-state index in [2.05, 4.69) is 6.58 Å². The summed E-state index contributed by atoms with van der Waals surface area (Å²) < 4.78 is 0. The first-order valence-corrected chi connectivity index (χ1v) is 5.51. The molecule has 0 unspecified atom stereocenters. The molecule has 2 aromatic carbocycles. The van der Waals surface area contributed by atoms with Gasteiger partial charge in [0.2, 0.25) is 0 Å². The summed E-state index contributed by atoms with van der Waals surface area (Å²) in [5, 5.41) is 2.19. The third-order valence-electron chi connectivity index (χ3n) is 2.81. The van der Waals surface area contributed by atoms with Crippen LogP contribution in [0.3, 0.4) is 0 Å². The lowest BCUT2D eigenvalue weighted by Crippen LogP contribution is -2.22. The van der Waals surface area contributed by atoms with Gasteiger partial charge in [-0.1, -0.05) is 43.0 Å². The summed E-state index contributed by atoms with van der Waals surface area (Å²) in [6.45, 7) is 3.81. The molecule has 0 aliphatic rings. The predicted octanol–water partition coefficient (Wildman–Crippen LogP) is 3.18. The smallest absolute Gasteiger partial charge is 0.253 e. The fraction of sp³-hybridized carbons (Fsp3) is 0.133. The number of nitrogens with zero attached hydrogens (tertiary/aromatic N) is 1. The fourth-order valence-corrected chi connectivity index (χ4v) is 1.94. The second-order valence-electron chi connectivity index (χ2n) is 4.15. The van der Waals surface area contributed by atoms with E-state index in [1.54, 1.807) is 25.1 Å². The van der Waals surface area contributed by atoms with Gasteiger partial charge in [-0.2, -0.15) is 0 Å². The second kappa shape index (κ2) is 4.42. The molecule has 2 rings (SSSR count). The normalized spacial score (nSPS) is 10.2. The van der Waals surface area contributed by atoms with E-state index < -0.39 is 0 Å². The molecule has 1 amide bonds. The number of hydrogen-bond donors (Lipinski definition) is 0. The van der Waals surface area contributed by atoms with Gasteiger partial charge in [0.15, 0.2) is 0 Å². The van der Waals surface area contributed by atoms with Gasteiger partial charge in [-0.15, -0.1) is 0 Å². The molecule has 2 nitrogen and oxygen atoms in total. The quantitative estimate of drug-likeness (QED) is 0.768. The van der Waals surface area contributed by atoms with Crippen molar-refractivity contribution in [3.05, 3.63) is 54.1 Å². The molecule has 2 aromatic rings. The molecule has 0 saturated carbocycles. The minimum atomic E-state index is 0.00523. The first-order chi connectivity index (χ1) is 8.15. The van der Waals surface area contributed by atoms with Crippen LogP contribution in [0, 0.1) is 0 Å². The van der Waals surface area contributed by atoms with Crippen LogP contribution >= 0.6 is 0 Å². The van der Waals surface area contributed by atoms with Crippen molar-refractivity contribution in [2.24, 2.45) is 0 Å². The van der Waals surface area contributed by atoms with Crippen LogP contribution in [0.5, 0.6) is 0 Å². The Hall–Kier alpha value is -2.09. The molecule has 0 bridgehead atoms. The van der Waals surface area contributed by atoms with Crippen LogP contribution in [-0.2, 0) is 0 Å². The summed E-state index contributed by atoms with van der Waals surface area (Å²) in [5.74, 6) is 0.00523. The van der Waals surface area contributed by atoms with E-state index in [9.17, 15) is 4.79 Å². The van der Waals surface area contributed by atoms with Gasteiger partial charge in [0, 0.05) is 19.7 Å². The molecule has 0 spiro atoms. The van der Waals surface area contributed by atoms with Gasteiger partial charge in [0.1, 0.15) is 0 Å². The van der Waals surface area contributed by atoms with E-state index in [0.717, 1.165) is 16.3 Å². The summed E-state index contributed by atoms with van der Waals surface area (Å²) >= 11 is 0. The molecule has 0 fully saturated rings. The minimum absolute atomic E-state index is 0.00523. The van der Waals surface area contributed by atoms with Crippen molar-refractivity contribution >= 4 is 22.8 Å². The van der Waals surface area contributed by atoms with E-state index in [0.29, 0.717) is 5.56 Å². The van der Waals surface area contributed by atoms with Crippen LogP contribution in [0.4, 0.5) is 0 Å². The fourth-order valence-electron chi connectivity index (χ4n) is 1.94. The van der Waals surface area contributed by atoms with Gasteiger partial charge in [-0.3, -0.25) is 4.79 Å². The highest BCUT2D eigenvalue weighted by Crippen LogP contribution is 2.24. The van der Waals surface area contributed by atoms with Gasteiger partial charge in [-0.25, -0.2) is 0 Å². The average molecular weight is 225 g/mol. The Labute approximate surface area is 101 Å². The SMILES string of the molecule is C=Cc1c(C(=O)N(C)C)ccc2ccccc12. The molecule has 86 valence electrons. The number of hydrogen-bond acceptors (Lipinski definition) is 1. The summed E-state index contributed by atoms with van der Waals surface area (Å²) in [4.78, 5) is 13.6. The number of rotatable bonds is 2. The zero-order valence-corrected chi connectivity index (χ0v) is 10.1. The Morgan fingerprint density at radius 2 is 1.88 bits per heavy atom. The van der Waals surface area contributed by atoms with Crippen molar-refractivity contribution in [2.75, 3.05) is 14.1 Å². The molecule has 17 heavy (non-hydrogen) atoms. The van der Waals surface area contributed by atoms with E-state index in [-0.39, 0.29) is 5.91 Å². The molecule has 0 saturated heterocycles. The van der Waals surface area contributed by atoms with E-state index in [4.69, 9.17) is 0 Å². The zero-order chi connectivity index (χ0) is 12.4. The number of benzene rings is 2. The highest BCUT2D eigenvalue weighted by atomic mass is 16.2. The van der Waals surface area contributed by atoms with Crippen molar-refractivity contribution in [1.82, 2.24) is 4.90 Å². The number of fused-ring (bicyclic) bond motifs is 1. The van der Waals surface area contributed by atoms with Crippen molar-refractivity contribution in [3.63, 3.8) is 0 Å². The topological polar surface area (TPSA) is 20.3 Å². The van der Waals surface area contributed by atoms with Crippen LogP contribution in [-0.4, -0.2) is 24.9 Å². The maximum Gasteiger partial charge on any atom is 0.253 e. The molecule has 2 heteroatoms. The standard InChI is InChI=1S/C15H15NO/c1-4-12-13-8-6-5-7-11(13)9-10-14(12)15(17)16(2)3/h4-10H,1H2,2-3H3. The highest BCUT2D eigenvalue weighted by Gasteiger charge is 2.13. The molecule has 0 aliphatic heterocycles. The van der Waals surface area contributed by atoms with Crippen molar-refractivity contribution in [1.29, 1.82) is 0 Å². The Kier molecular flexibility index (Phi) is 2.96. The third-order valence-corrected chi connectivity index (χ3v) is 2.81. The highest BCUT2D eigenvalue weighted by molar-refractivity contribution is 6.04. The lowest BCUT2D eigenvalue weighted by molar-refractivity contribution is 0.0827. The van der Waals surface area contributed by atoms with Crippen LogP contribution in [0.15, 0.2) is 43.0 Å². The molecule has 0 aromatic heterocycles.